The minimum Gasteiger partial charge on any atom is -0.297 e. The molecule has 0 aromatic rings. The lowest BCUT2D eigenvalue weighted by Crippen LogP contribution is -2.60. The van der Waals surface area contributed by atoms with Crippen molar-refractivity contribution in [1.82, 2.24) is 4.90 Å². The molecule has 3 rings (SSSR count). The van der Waals surface area contributed by atoms with E-state index in [1.54, 1.807) is 0 Å². The zero-order valence-electron chi connectivity index (χ0n) is 13.5. The lowest BCUT2D eigenvalue weighted by atomic mass is 9.67. The van der Waals surface area contributed by atoms with Gasteiger partial charge < -0.3 is 0 Å². The van der Waals surface area contributed by atoms with Crippen molar-refractivity contribution in [3.63, 3.8) is 0 Å². The molecule has 6 atom stereocenters. The summed E-state index contributed by atoms with van der Waals surface area (Å²) in [7, 11) is 2.46. The molecule has 1 heteroatoms. The molecule has 0 aromatic carbocycles. The van der Waals surface area contributed by atoms with Gasteiger partial charge in [-0.05, 0) is 76.2 Å². The van der Waals surface area contributed by atoms with Gasteiger partial charge in [0.05, 0.1) is 0 Å². The van der Waals surface area contributed by atoms with Crippen LogP contribution >= 0.6 is 0 Å². The molecule has 1 nitrogen and oxygen atoms in total. The Balaban J connectivity index is 1.98. The fourth-order valence-electron chi connectivity index (χ4n) is 5.76. The molecule has 1 saturated carbocycles. The molecular formula is C18H33N. The molecule has 2 saturated heterocycles. The van der Waals surface area contributed by atoms with E-state index in [1.165, 1.54) is 51.4 Å². The predicted molar refractivity (Wildman–Crippen MR) is 82.2 cm³/mol. The van der Waals surface area contributed by atoms with Crippen molar-refractivity contribution >= 4 is 0 Å². The number of rotatable bonds is 0. The quantitative estimate of drug-likeness (QED) is 0.611. The molecule has 2 heterocycles. The highest BCUT2D eigenvalue weighted by molar-refractivity contribution is 5.03. The zero-order chi connectivity index (χ0) is 13.6. The largest absolute Gasteiger partial charge is 0.297 e. The van der Waals surface area contributed by atoms with Gasteiger partial charge in [-0.25, -0.2) is 0 Å². The lowest BCUT2D eigenvalue weighted by Gasteiger charge is -2.55. The van der Waals surface area contributed by atoms with Crippen LogP contribution in [0.3, 0.4) is 0 Å². The van der Waals surface area contributed by atoms with E-state index in [4.69, 9.17) is 0 Å². The van der Waals surface area contributed by atoms with E-state index in [-0.39, 0.29) is 0 Å². The maximum Gasteiger partial charge on any atom is 0.0235 e. The molecule has 110 valence electrons. The fraction of sp³-hybridized carbons (Fsp3) is 1.00. The van der Waals surface area contributed by atoms with Crippen LogP contribution in [0.1, 0.15) is 72.1 Å². The highest BCUT2D eigenvalue weighted by Gasteiger charge is 2.49. The Bertz CT molecular complexity index is 326. The Hall–Kier alpha value is -0.0400. The second-order valence-corrected chi connectivity index (χ2v) is 8.17. The first-order valence-corrected chi connectivity index (χ1v) is 8.76. The molecule has 0 N–H and O–H groups in total. The third-order valence-electron chi connectivity index (χ3n) is 7.45. The van der Waals surface area contributed by atoms with Crippen LogP contribution in [0.4, 0.5) is 0 Å². The molecule has 0 amide bonds. The SMILES string of the molecule is CC1CCCC(C)C2(C)C3CCC(CCC1N2C)C3. The minimum absolute atomic E-state index is 0.467. The monoisotopic (exact) mass is 263 g/mol. The topological polar surface area (TPSA) is 3.24 Å². The summed E-state index contributed by atoms with van der Waals surface area (Å²) in [5.41, 5.74) is 0.467. The van der Waals surface area contributed by atoms with Crippen LogP contribution in [0.2, 0.25) is 0 Å². The molecule has 19 heavy (non-hydrogen) atoms. The van der Waals surface area contributed by atoms with Gasteiger partial charge in [0.2, 0.25) is 0 Å². The molecule has 6 unspecified atom stereocenters. The summed E-state index contributed by atoms with van der Waals surface area (Å²) in [6.45, 7) is 7.67. The van der Waals surface area contributed by atoms with Crippen LogP contribution in [0.5, 0.6) is 0 Å². The third-order valence-corrected chi connectivity index (χ3v) is 7.45. The van der Waals surface area contributed by atoms with E-state index in [0.29, 0.717) is 5.54 Å². The first kappa shape index (κ1) is 13.9. The molecule has 3 aliphatic rings. The van der Waals surface area contributed by atoms with Crippen molar-refractivity contribution in [3.8, 4) is 0 Å². The zero-order valence-corrected chi connectivity index (χ0v) is 13.5. The third kappa shape index (κ3) is 2.17. The van der Waals surface area contributed by atoms with Crippen molar-refractivity contribution in [1.29, 1.82) is 0 Å². The van der Waals surface area contributed by atoms with E-state index in [2.05, 4.69) is 32.7 Å². The molecule has 1 aliphatic carbocycles. The second-order valence-electron chi connectivity index (χ2n) is 8.17. The first-order chi connectivity index (χ1) is 9.03. The van der Waals surface area contributed by atoms with Gasteiger partial charge in [0.25, 0.3) is 0 Å². The van der Waals surface area contributed by atoms with Gasteiger partial charge >= 0.3 is 0 Å². The summed E-state index contributed by atoms with van der Waals surface area (Å²) in [5.74, 6) is 3.79. The van der Waals surface area contributed by atoms with Crippen LogP contribution in [0.15, 0.2) is 0 Å². The molecule has 2 aliphatic heterocycles. The summed E-state index contributed by atoms with van der Waals surface area (Å²) in [5, 5.41) is 0. The summed E-state index contributed by atoms with van der Waals surface area (Å²) >= 11 is 0. The lowest BCUT2D eigenvalue weighted by molar-refractivity contribution is -0.0497. The standard InChI is InChI=1S/C18H33N/c1-13-6-5-7-14(2)18(3)16-10-8-15(12-16)9-11-17(13)19(18)4/h13-17H,5-12H2,1-4H3. The summed E-state index contributed by atoms with van der Waals surface area (Å²) in [6, 6.07) is 0.844. The van der Waals surface area contributed by atoms with E-state index >= 15 is 0 Å². The Morgan fingerprint density at radius 2 is 1.68 bits per heavy atom. The Morgan fingerprint density at radius 3 is 2.47 bits per heavy atom. The van der Waals surface area contributed by atoms with Crippen molar-refractivity contribution in [2.24, 2.45) is 23.7 Å². The molecule has 0 radical (unpaired) electrons. The maximum absolute atomic E-state index is 2.85. The molecular weight excluding hydrogens is 230 g/mol. The number of hydrogen-bond donors (Lipinski definition) is 0. The van der Waals surface area contributed by atoms with Gasteiger partial charge in [0, 0.05) is 11.6 Å². The normalized spacial score (nSPS) is 52.1. The average Bonchev–Trinajstić information content (AvgIpc) is 2.85. The number of hydrogen-bond acceptors (Lipinski definition) is 1. The van der Waals surface area contributed by atoms with Crippen molar-refractivity contribution in [2.45, 2.75) is 83.7 Å². The fourth-order valence-corrected chi connectivity index (χ4v) is 5.76. The summed E-state index contributed by atoms with van der Waals surface area (Å²) < 4.78 is 0. The van der Waals surface area contributed by atoms with Gasteiger partial charge in [0.15, 0.2) is 0 Å². The van der Waals surface area contributed by atoms with E-state index < -0.39 is 0 Å². The van der Waals surface area contributed by atoms with Crippen molar-refractivity contribution in [3.05, 3.63) is 0 Å². The van der Waals surface area contributed by atoms with Crippen LogP contribution in [-0.4, -0.2) is 23.5 Å². The van der Waals surface area contributed by atoms with Gasteiger partial charge in [-0.15, -0.1) is 0 Å². The summed E-state index contributed by atoms with van der Waals surface area (Å²) in [4.78, 5) is 2.85. The Labute approximate surface area is 120 Å². The minimum atomic E-state index is 0.467. The van der Waals surface area contributed by atoms with E-state index in [0.717, 1.165) is 29.7 Å². The number of fused-ring (bicyclic) bond motifs is 5. The maximum atomic E-state index is 2.85. The first-order valence-electron chi connectivity index (χ1n) is 8.76. The molecule has 3 fully saturated rings. The number of nitrogens with zero attached hydrogens (tertiary/aromatic N) is 1. The molecule has 0 aromatic heterocycles. The van der Waals surface area contributed by atoms with E-state index in [9.17, 15) is 0 Å². The molecule has 4 bridgehead atoms. The highest BCUT2D eigenvalue weighted by Crippen LogP contribution is 2.51. The Morgan fingerprint density at radius 1 is 0.947 bits per heavy atom. The average molecular weight is 263 g/mol. The van der Waals surface area contributed by atoms with Gasteiger partial charge in [-0.3, -0.25) is 4.90 Å². The van der Waals surface area contributed by atoms with Gasteiger partial charge in [0.1, 0.15) is 0 Å². The Kier molecular flexibility index (Phi) is 3.71. The summed E-state index contributed by atoms with van der Waals surface area (Å²) in [6.07, 6.45) is 11.8. The van der Waals surface area contributed by atoms with Gasteiger partial charge in [-0.1, -0.05) is 26.7 Å². The van der Waals surface area contributed by atoms with Crippen molar-refractivity contribution < 1.29 is 0 Å². The van der Waals surface area contributed by atoms with Gasteiger partial charge in [-0.2, -0.15) is 0 Å². The highest BCUT2D eigenvalue weighted by atomic mass is 15.2. The van der Waals surface area contributed by atoms with Crippen LogP contribution < -0.4 is 0 Å². The second kappa shape index (κ2) is 5.06. The van der Waals surface area contributed by atoms with E-state index in [1.807, 2.05) is 0 Å². The smallest absolute Gasteiger partial charge is 0.0235 e. The molecule has 0 spiro atoms. The van der Waals surface area contributed by atoms with Crippen LogP contribution in [0.25, 0.3) is 0 Å². The van der Waals surface area contributed by atoms with Crippen LogP contribution in [0, 0.1) is 23.7 Å². The van der Waals surface area contributed by atoms with Crippen molar-refractivity contribution in [2.75, 3.05) is 7.05 Å². The van der Waals surface area contributed by atoms with Crippen LogP contribution in [-0.2, 0) is 0 Å². The predicted octanol–water partition coefficient (Wildman–Crippen LogP) is 4.71.